The smallest absolute Gasteiger partial charge is 0.260 e. The third-order valence-electron chi connectivity index (χ3n) is 4.26. The molecule has 0 saturated carbocycles. The average molecular weight is 378 g/mol. The quantitative estimate of drug-likeness (QED) is 0.730. The Morgan fingerprint density at radius 2 is 1.92 bits per heavy atom. The van der Waals surface area contributed by atoms with E-state index in [4.69, 9.17) is 21.1 Å². The second kappa shape index (κ2) is 9.01. The Labute approximate surface area is 157 Å². The Bertz CT molecular complexity index is 715. The van der Waals surface area contributed by atoms with Crippen molar-refractivity contribution in [2.24, 2.45) is 0 Å². The van der Waals surface area contributed by atoms with Crippen LogP contribution < -0.4 is 4.74 Å². The lowest BCUT2D eigenvalue weighted by Crippen LogP contribution is -2.39. The second-order valence-corrected chi connectivity index (χ2v) is 6.71. The van der Waals surface area contributed by atoms with Crippen molar-refractivity contribution in [2.45, 2.75) is 25.5 Å². The van der Waals surface area contributed by atoms with Gasteiger partial charge >= 0.3 is 0 Å². The van der Waals surface area contributed by atoms with Gasteiger partial charge in [-0.3, -0.25) is 4.79 Å². The molecule has 2 aromatic rings. The van der Waals surface area contributed by atoms with Crippen molar-refractivity contribution in [2.75, 3.05) is 19.8 Å². The molecule has 26 heavy (non-hydrogen) atoms. The average Bonchev–Trinajstić information content (AvgIpc) is 3.15. The molecule has 0 spiro atoms. The monoisotopic (exact) mass is 377 g/mol. The minimum absolute atomic E-state index is 0.0528. The number of carbonyl (C=O) groups excluding carboxylic acids is 1. The first kappa shape index (κ1) is 18.7. The van der Waals surface area contributed by atoms with Gasteiger partial charge in [0.05, 0.1) is 6.10 Å². The molecule has 1 saturated heterocycles. The van der Waals surface area contributed by atoms with Crippen LogP contribution in [0.15, 0.2) is 48.5 Å². The molecule has 1 amide bonds. The third-order valence-corrected chi connectivity index (χ3v) is 4.52. The Kier molecular flexibility index (Phi) is 6.47. The molecule has 0 aromatic heterocycles. The highest BCUT2D eigenvalue weighted by Gasteiger charge is 2.23. The summed E-state index contributed by atoms with van der Waals surface area (Å²) in [5.41, 5.74) is 0.988. The van der Waals surface area contributed by atoms with E-state index in [-0.39, 0.29) is 24.4 Å². The lowest BCUT2D eigenvalue weighted by atomic mass is 10.2. The van der Waals surface area contributed by atoms with Crippen LogP contribution in [0.2, 0.25) is 5.02 Å². The third kappa shape index (κ3) is 5.44. The molecule has 0 radical (unpaired) electrons. The molecule has 3 rings (SSSR count). The molecule has 1 aliphatic heterocycles. The zero-order valence-electron chi connectivity index (χ0n) is 14.4. The molecular weight excluding hydrogens is 357 g/mol. The Hall–Kier alpha value is -2.11. The molecule has 2 aromatic carbocycles. The molecule has 0 unspecified atom stereocenters. The molecule has 138 valence electrons. The van der Waals surface area contributed by atoms with Gasteiger partial charge in [-0.15, -0.1) is 0 Å². The molecular formula is C20H21ClFNO3. The van der Waals surface area contributed by atoms with Crippen LogP contribution in [0.25, 0.3) is 0 Å². The van der Waals surface area contributed by atoms with Crippen molar-refractivity contribution in [1.82, 2.24) is 4.90 Å². The number of halogens is 2. The highest BCUT2D eigenvalue weighted by Crippen LogP contribution is 2.17. The van der Waals surface area contributed by atoms with Crippen LogP contribution in [0.3, 0.4) is 0 Å². The topological polar surface area (TPSA) is 38.8 Å². The number of nitrogens with zero attached hydrogens (tertiary/aromatic N) is 1. The van der Waals surface area contributed by atoms with Gasteiger partial charge in [0.25, 0.3) is 5.91 Å². The molecule has 0 N–H and O–H groups in total. The highest BCUT2D eigenvalue weighted by atomic mass is 35.5. The zero-order chi connectivity index (χ0) is 18.4. The molecule has 6 heteroatoms. The van der Waals surface area contributed by atoms with Gasteiger partial charge in [-0.25, -0.2) is 4.39 Å². The summed E-state index contributed by atoms with van der Waals surface area (Å²) in [5, 5.41) is 0.658. The normalized spacial score (nSPS) is 16.5. The fourth-order valence-corrected chi connectivity index (χ4v) is 2.99. The minimum atomic E-state index is -0.341. The molecule has 1 aliphatic rings. The molecule has 1 atom stereocenters. The van der Waals surface area contributed by atoms with Crippen molar-refractivity contribution in [3.63, 3.8) is 0 Å². The van der Waals surface area contributed by atoms with E-state index in [9.17, 15) is 9.18 Å². The molecule has 1 fully saturated rings. The second-order valence-electron chi connectivity index (χ2n) is 6.28. The maximum absolute atomic E-state index is 13.0. The van der Waals surface area contributed by atoms with Crippen molar-refractivity contribution in [3.8, 4) is 5.75 Å². The van der Waals surface area contributed by atoms with E-state index in [1.807, 2.05) is 12.1 Å². The van der Waals surface area contributed by atoms with Gasteiger partial charge < -0.3 is 14.4 Å². The van der Waals surface area contributed by atoms with E-state index in [1.165, 1.54) is 24.3 Å². The van der Waals surface area contributed by atoms with E-state index in [1.54, 1.807) is 17.0 Å². The molecule has 0 aliphatic carbocycles. The van der Waals surface area contributed by atoms with Crippen molar-refractivity contribution < 1.29 is 18.7 Å². The minimum Gasteiger partial charge on any atom is -0.484 e. The van der Waals surface area contributed by atoms with E-state index >= 15 is 0 Å². The van der Waals surface area contributed by atoms with Crippen molar-refractivity contribution in [3.05, 3.63) is 64.9 Å². The standard InChI is InChI=1S/C20H21ClFNO3/c21-16-5-3-15(4-6-16)12-23(13-19-2-1-11-25-19)20(24)14-26-18-9-7-17(22)8-10-18/h3-10,19H,1-2,11-14H2/t19-/m1/s1. The number of amides is 1. The Morgan fingerprint density at radius 1 is 1.19 bits per heavy atom. The molecule has 1 heterocycles. The van der Waals surface area contributed by atoms with Gasteiger partial charge in [0, 0.05) is 24.7 Å². The Balaban J connectivity index is 1.63. The summed E-state index contributed by atoms with van der Waals surface area (Å²) < 4.78 is 24.1. The first-order valence-electron chi connectivity index (χ1n) is 8.62. The fourth-order valence-electron chi connectivity index (χ4n) is 2.87. The van der Waals surface area contributed by atoms with E-state index < -0.39 is 0 Å². The van der Waals surface area contributed by atoms with E-state index in [0.29, 0.717) is 23.9 Å². The van der Waals surface area contributed by atoms with Crippen LogP contribution in [-0.2, 0) is 16.1 Å². The highest BCUT2D eigenvalue weighted by molar-refractivity contribution is 6.30. The summed E-state index contributed by atoms with van der Waals surface area (Å²) in [6, 6.07) is 13.0. The van der Waals surface area contributed by atoms with Crippen LogP contribution >= 0.6 is 11.6 Å². The SMILES string of the molecule is O=C(COc1ccc(F)cc1)N(Cc1ccc(Cl)cc1)C[C@H]1CCCO1. The van der Waals surface area contributed by atoms with Gasteiger partial charge in [0.15, 0.2) is 6.61 Å². The number of carbonyl (C=O) groups is 1. The lowest BCUT2D eigenvalue weighted by Gasteiger charge is -2.25. The number of ether oxygens (including phenoxy) is 2. The fraction of sp³-hybridized carbons (Fsp3) is 0.350. The summed E-state index contributed by atoms with van der Waals surface area (Å²) in [6.07, 6.45) is 2.01. The van der Waals surface area contributed by atoms with Gasteiger partial charge in [0.2, 0.25) is 0 Å². The van der Waals surface area contributed by atoms with Gasteiger partial charge in [-0.2, -0.15) is 0 Å². The predicted molar refractivity (Wildman–Crippen MR) is 97.7 cm³/mol. The van der Waals surface area contributed by atoms with Crippen LogP contribution in [0.1, 0.15) is 18.4 Å². The van der Waals surface area contributed by atoms with Crippen LogP contribution in [0.5, 0.6) is 5.75 Å². The number of hydrogen-bond donors (Lipinski definition) is 0. The van der Waals surface area contributed by atoms with Gasteiger partial charge in [-0.05, 0) is 54.8 Å². The van der Waals surface area contributed by atoms with Gasteiger partial charge in [0.1, 0.15) is 11.6 Å². The Morgan fingerprint density at radius 3 is 2.58 bits per heavy atom. The summed E-state index contributed by atoms with van der Waals surface area (Å²) in [6.45, 7) is 1.61. The maximum Gasteiger partial charge on any atom is 0.260 e. The van der Waals surface area contributed by atoms with E-state index in [2.05, 4.69) is 0 Å². The van der Waals surface area contributed by atoms with Crippen molar-refractivity contribution >= 4 is 17.5 Å². The maximum atomic E-state index is 13.0. The van der Waals surface area contributed by atoms with Crippen LogP contribution in [-0.4, -0.2) is 36.7 Å². The summed E-state index contributed by atoms with van der Waals surface area (Å²) >= 11 is 5.93. The summed E-state index contributed by atoms with van der Waals surface area (Å²) in [5.74, 6) is -0.0190. The summed E-state index contributed by atoms with van der Waals surface area (Å²) in [4.78, 5) is 14.4. The zero-order valence-corrected chi connectivity index (χ0v) is 15.1. The first-order valence-corrected chi connectivity index (χ1v) is 9.00. The lowest BCUT2D eigenvalue weighted by molar-refractivity contribution is -0.135. The largest absolute Gasteiger partial charge is 0.484 e. The van der Waals surface area contributed by atoms with Crippen molar-refractivity contribution in [1.29, 1.82) is 0 Å². The predicted octanol–water partition coefficient (Wildman–Crippen LogP) is 4.07. The first-order chi connectivity index (χ1) is 12.6. The van der Waals surface area contributed by atoms with Gasteiger partial charge in [-0.1, -0.05) is 23.7 Å². The van der Waals surface area contributed by atoms with Crippen LogP contribution in [0.4, 0.5) is 4.39 Å². The molecule has 0 bridgehead atoms. The number of benzene rings is 2. The molecule has 4 nitrogen and oxygen atoms in total. The number of hydrogen-bond acceptors (Lipinski definition) is 3. The number of rotatable bonds is 7. The van der Waals surface area contributed by atoms with Crippen LogP contribution in [0, 0.1) is 5.82 Å². The van der Waals surface area contributed by atoms with E-state index in [0.717, 1.165) is 25.0 Å². The summed E-state index contributed by atoms with van der Waals surface area (Å²) in [7, 11) is 0.